The van der Waals surface area contributed by atoms with E-state index >= 15 is 0 Å². The van der Waals surface area contributed by atoms with Crippen LogP contribution in [0.1, 0.15) is 57.1 Å². The van der Waals surface area contributed by atoms with Crippen LogP contribution in [0.4, 0.5) is 0 Å². The number of rotatable bonds is 1. The van der Waals surface area contributed by atoms with Gasteiger partial charge in [0.15, 0.2) is 0 Å². The third-order valence-corrected chi connectivity index (χ3v) is 6.93. The minimum absolute atomic E-state index is 0.0950. The molecule has 1 aromatic heterocycles. The van der Waals surface area contributed by atoms with Crippen molar-refractivity contribution in [1.82, 2.24) is 0 Å². The van der Waals surface area contributed by atoms with E-state index in [9.17, 15) is 4.79 Å². The molecule has 2 saturated heterocycles. The van der Waals surface area contributed by atoms with Gasteiger partial charge in [-0.1, -0.05) is 12.8 Å². The third kappa shape index (κ3) is 1.37. The highest BCUT2D eigenvalue weighted by Gasteiger charge is 2.72. The zero-order valence-electron chi connectivity index (χ0n) is 12.5. The van der Waals surface area contributed by atoms with Crippen LogP contribution in [0, 0.1) is 17.8 Å². The average molecular weight is 286 g/mol. The fourth-order valence-electron chi connectivity index (χ4n) is 6.33. The van der Waals surface area contributed by atoms with Crippen molar-refractivity contribution in [3.8, 4) is 0 Å². The van der Waals surface area contributed by atoms with Crippen LogP contribution < -0.4 is 0 Å². The van der Waals surface area contributed by atoms with E-state index in [1.807, 2.05) is 6.07 Å². The van der Waals surface area contributed by atoms with Crippen molar-refractivity contribution in [1.29, 1.82) is 0 Å². The number of ketones is 1. The summed E-state index contributed by atoms with van der Waals surface area (Å²) in [4.78, 5) is 12.8. The molecule has 6 unspecified atom stereocenters. The molecule has 0 amide bonds. The van der Waals surface area contributed by atoms with Crippen molar-refractivity contribution in [2.75, 3.05) is 0 Å². The molecule has 3 heteroatoms. The standard InChI is InChI=1S/C18H22O3/c1-17-13(15-6-4-8-20-15)9-11-12-5-2-3-7-18(12,21-17)10-14(19)16(11)17/h4,6,8,11-13,16H,2-3,5,7,9-10H2,1H3. The lowest BCUT2D eigenvalue weighted by Gasteiger charge is -2.61. The Balaban J connectivity index is 1.65. The van der Waals surface area contributed by atoms with Crippen molar-refractivity contribution in [2.24, 2.45) is 17.8 Å². The molecule has 3 nitrogen and oxygen atoms in total. The van der Waals surface area contributed by atoms with Crippen LogP contribution in [0.5, 0.6) is 0 Å². The third-order valence-electron chi connectivity index (χ3n) is 6.93. The highest BCUT2D eigenvalue weighted by atomic mass is 16.5. The van der Waals surface area contributed by atoms with Crippen LogP contribution >= 0.6 is 0 Å². The van der Waals surface area contributed by atoms with Crippen LogP contribution in [0.2, 0.25) is 0 Å². The van der Waals surface area contributed by atoms with Gasteiger partial charge in [0.25, 0.3) is 0 Å². The number of Topliss-reactive ketones (excluding diaryl/α,β-unsaturated/α-hetero) is 1. The molecule has 5 fully saturated rings. The molecule has 0 radical (unpaired) electrons. The van der Waals surface area contributed by atoms with Gasteiger partial charge in [-0.05, 0) is 50.2 Å². The highest BCUT2D eigenvalue weighted by molar-refractivity contribution is 5.86. The Kier molecular flexibility index (Phi) is 2.26. The van der Waals surface area contributed by atoms with Gasteiger partial charge in [0.05, 0.1) is 23.4 Å². The summed E-state index contributed by atoms with van der Waals surface area (Å²) in [7, 11) is 0. The summed E-state index contributed by atoms with van der Waals surface area (Å²) in [5.74, 6) is 2.92. The molecular weight excluding hydrogens is 264 g/mol. The summed E-state index contributed by atoms with van der Waals surface area (Å²) < 4.78 is 12.5. The predicted octanol–water partition coefficient (Wildman–Crippen LogP) is 3.69. The maximum atomic E-state index is 12.8. The first kappa shape index (κ1) is 12.5. The molecule has 4 bridgehead atoms. The fraction of sp³-hybridized carbons (Fsp3) is 0.722. The van der Waals surface area contributed by atoms with Gasteiger partial charge in [0.1, 0.15) is 11.5 Å². The number of ether oxygens (including phenoxy) is 1. The van der Waals surface area contributed by atoms with E-state index in [0.29, 0.717) is 24.0 Å². The second-order valence-corrected chi connectivity index (χ2v) is 7.79. The lowest BCUT2D eigenvalue weighted by molar-refractivity contribution is -0.268. The summed E-state index contributed by atoms with van der Waals surface area (Å²) in [5.41, 5.74) is -0.490. The van der Waals surface area contributed by atoms with Crippen LogP contribution in [0.15, 0.2) is 22.8 Å². The van der Waals surface area contributed by atoms with E-state index in [2.05, 4.69) is 13.0 Å². The highest BCUT2D eigenvalue weighted by Crippen LogP contribution is 2.68. The van der Waals surface area contributed by atoms with Crippen LogP contribution in [-0.2, 0) is 9.53 Å². The Morgan fingerprint density at radius 1 is 1.33 bits per heavy atom. The van der Waals surface area contributed by atoms with E-state index in [0.717, 1.165) is 18.6 Å². The SMILES string of the molecule is CC12OC34CCCCC3C(CC1c1ccco1)C2C(=O)C4. The summed E-state index contributed by atoms with van der Waals surface area (Å²) in [6.45, 7) is 2.18. The Bertz CT molecular complexity index is 592. The first-order chi connectivity index (χ1) is 10.1. The van der Waals surface area contributed by atoms with E-state index in [1.165, 1.54) is 19.3 Å². The molecule has 2 aliphatic heterocycles. The fourth-order valence-corrected chi connectivity index (χ4v) is 6.33. The summed E-state index contributed by atoms with van der Waals surface area (Å²) in [6, 6.07) is 4.01. The Morgan fingerprint density at radius 3 is 3.05 bits per heavy atom. The number of furan rings is 1. The molecule has 6 rings (SSSR count). The molecule has 3 heterocycles. The molecule has 3 saturated carbocycles. The minimum Gasteiger partial charge on any atom is -0.469 e. The van der Waals surface area contributed by atoms with Crippen LogP contribution in [0.25, 0.3) is 0 Å². The number of carbonyl (C=O) groups excluding carboxylic acids is 1. The van der Waals surface area contributed by atoms with E-state index in [4.69, 9.17) is 9.15 Å². The molecule has 0 aromatic carbocycles. The molecular formula is C18H22O3. The molecule has 1 aromatic rings. The van der Waals surface area contributed by atoms with Gasteiger partial charge in [-0.2, -0.15) is 0 Å². The topological polar surface area (TPSA) is 39.4 Å². The average Bonchev–Trinajstić information content (AvgIpc) is 3.03. The van der Waals surface area contributed by atoms with Crippen molar-refractivity contribution >= 4 is 5.78 Å². The first-order valence-corrected chi connectivity index (χ1v) is 8.40. The second-order valence-electron chi connectivity index (χ2n) is 7.79. The van der Waals surface area contributed by atoms with E-state index in [-0.39, 0.29) is 23.0 Å². The van der Waals surface area contributed by atoms with Crippen LogP contribution in [-0.4, -0.2) is 17.0 Å². The summed E-state index contributed by atoms with van der Waals surface area (Å²) >= 11 is 0. The molecule has 0 N–H and O–H groups in total. The van der Waals surface area contributed by atoms with Crippen molar-refractivity contribution < 1.29 is 13.9 Å². The molecule has 3 aliphatic carbocycles. The molecule has 1 spiro atoms. The van der Waals surface area contributed by atoms with Crippen molar-refractivity contribution in [2.45, 2.75) is 62.6 Å². The van der Waals surface area contributed by atoms with Crippen molar-refractivity contribution in [3.63, 3.8) is 0 Å². The Morgan fingerprint density at radius 2 is 2.24 bits per heavy atom. The van der Waals surface area contributed by atoms with Gasteiger partial charge in [-0.3, -0.25) is 4.79 Å². The smallest absolute Gasteiger partial charge is 0.142 e. The molecule has 6 atom stereocenters. The van der Waals surface area contributed by atoms with Crippen molar-refractivity contribution in [3.05, 3.63) is 24.2 Å². The molecule has 21 heavy (non-hydrogen) atoms. The number of hydrogen-bond acceptors (Lipinski definition) is 3. The monoisotopic (exact) mass is 286 g/mol. The summed E-state index contributed by atoms with van der Waals surface area (Å²) in [5, 5.41) is 0. The predicted molar refractivity (Wildman–Crippen MR) is 76.8 cm³/mol. The maximum Gasteiger partial charge on any atom is 0.142 e. The largest absolute Gasteiger partial charge is 0.469 e. The van der Waals surface area contributed by atoms with Gasteiger partial charge >= 0.3 is 0 Å². The number of carbonyl (C=O) groups is 1. The van der Waals surface area contributed by atoms with Crippen LogP contribution in [0.3, 0.4) is 0 Å². The zero-order chi connectivity index (χ0) is 14.2. The Hall–Kier alpha value is -1.09. The van der Waals surface area contributed by atoms with Gasteiger partial charge in [0, 0.05) is 12.3 Å². The van der Waals surface area contributed by atoms with Gasteiger partial charge < -0.3 is 9.15 Å². The first-order valence-electron chi connectivity index (χ1n) is 8.40. The Labute approximate surface area is 125 Å². The lowest BCUT2D eigenvalue weighted by atomic mass is 9.55. The lowest BCUT2D eigenvalue weighted by Crippen LogP contribution is -2.66. The van der Waals surface area contributed by atoms with Gasteiger partial charge in [0.2, 0.25) is 0 Å². The van der Waals surface area contributed by atoms with Gasteiger partial charge in [-0.25, -0.2) is 0 Å². The number of hydrogen-bond donors (Lipinski definition) is 0. The van der Waals surface area contributed by atoms with E-state index < -0.39 is 0 Å². The second kappa shape index (κ2) is 3.81. The molecule has 112 valence electrons. The van der Waals surface area contributed by atoms with E-state index in [1.54, 1.807) is 6.26 Å². The summed E-state index contributed by atoms with van der Waals surface area (Å²) in [6.07, 6.45) is 8.30. The quantitative estimate of drug-likeness (QED) is 0.790. The molecule has 5 aliphatic rings. The number of fused-ring (bicyclic) bond motifs is 1. The maximum absolute atomic E-state index is 12.8. The normalized spacial score (nSPS) is 51.2. The zero-order valence-corrected chi connectivity index (χ0v) is 12.5. The van der Waals surface area contributed by atoms with Gasteiger partial charge in [-0.15, -0.1) is 0 Å². The minimum atomic E-state index is -0.342.